The van der Waals surface area contributed by atoms with Crippen LogP contribution in [-0.2, 0) is 9.53 Å². The lowest BCUT2D eigenvalue weighted by molar-refractivity contribution is -0.136. The zero-order valence-corrected chi connectivity index (χ0v) is 11.9. The molecule has 18 heavy (non-hydrogen) atoms. The van der Waals surface area contributed by atoms with Crippen molar-refractivity contribution in [2.45, 2.75) is 40.0 Å². The van der Waals surface area contributed by atoms with Gasteiger partial charge in [-0.1, -0.05) is 43.7 Å². The molecule has 0 saturated carbocycles. The SMILES string of the molecule is COC(=O)C(C)=CCCC1=CCC(C(C)C)C=C1. The van der Waals surface area contributed by atoms with E-state index in [0.717, 1.165) is 19.3 Å². The quantitative estimate of drug-likeness (QED) is 0.542. The Labute approximate surface area is 110 Å². The van der Waals surface area contributed by atoms with Gasteiger partial charge in [0.2, 0.25) is 0 Å². The molecule has 2 heteroatoms. The zero-order valence-electron chi connectivity index (χ0n) is 11.9. The minimum Gasteiger partial charge on any atom is -0.466 e. The Morgan fingerprint density at radius 3 is 2.78 bits per heavy atom. The van der Waals surface area contributed by atoms with E-state index >= 15 is 0 Å². The van der Waals surface area contributed by atoms with Gasteiger partial charge in [-0.15, -0.1) is 0 Å². The van der Waals surface area contributed by atoms with Gasteiger partial charge >= 0.3 is 5.97 Å². The van der Waals surface area contributed by atoms with E-state index in [1.54, 1.807) is 6.92 Å². The Bertz CT molecular complexity index is 373. The highest BCUT2D eigenvalue weighted by Crippen LogP contribution is 2.25. The summed E-state index contributed by atoms with van der Waals surface area (Å²) in [6, 6.07) is 0. The fourth-order valence-corrected chi connectivity index (χ4v) is 2.06. The molecule has 0 radical (unpaired) electrons. The van der Waals surface area contributed by atoms with Gasteiger partial charge < -0.3 is 4.74 Å². The molecule has 0 aromatic carbocycles. The van der Waals surface area contributed by atoms with E-state index in [-0.39, 0.29) is 5.97 Å². The minimum atomic E-state index is -0.233. The third-order valence-electron chi connectivity index (χ3n) is 3.46. The number of hydrogen-bond acceptors (Lipinski definition) is 2. The number of esters is 1. The average Bonchev–Trinajstić information content (AvgIpc) is 2.38. The third-order valence-corrected chi connectivity index (χ3v) is 3.46. The van der Waals surface area contributed by atoms with Gasteiger partial charge in [0.25, 0.3) is 0 Å². The molecule has 2 nitrogen and oxygen atoms in total. The molecule has 1 rings (SSSR count). The highest BCUT2D eigenvalue weighted by Gasteiger charge is 2.11. The van der Waals surface area contributed by atoms with E-state index in [2.05, 4.69) is 36.8 Å². The molecule has 0 bridgehead atoms. The second-order valence-corrected chi connectivity index (χ2v) is 5.20. The maximum absolute atomic E-state index is 11.2. The van der Waals surface area contributed by atoms with Crippen molar-refractivity contribution in [2.24, 2.45) is 11.8 Å². The molecule has 0 aliphatic heterocycles. The monoisotopic (exact) mass is 248 g/mol. The van der Waals surface area contributed by atoms with Crippen LogP contribution in [0.3, 0.4) is 0 Å². The predicted octanol–water partition coefficient (Wildman–Crippen LogP) is 4.04. The number of methoxy groups -OCH3 is 1. The molecule has 0 amide bonds. The van der Waals surface area contributed by atoms with Crippen LogP contribution in [0.4, 0.5) is 0 Å². The zero-order chi connectivity index (χ0) is 13.5. The molecule has 0 saturated heterocycles. The van der Waals surface area contributed by atoms with Crippen molar-refractivity contribution in [3.63, 3.8) is 0 Å². The van der Waals surface area contributed by atoms with Crippen molar-refractivity contribution < 1.29 is 9.53 Å². The molecule has 0 aromatic heterocycles. The minimum absolute atomic E-state index is 0.233. The molecule has 0 spiro atoms. The summed E-state index contributed by atoms with van der Waals surface area (Å²) in [6.45, 7) is 6.32. The van der Waals surface area contributed by atoms with Gasteiger partial charge in [-0.2, -0.15) is 0 Å². The summed E-state index contributed by atoms with van der Waals surface area (Å²) in [7, 11) is 1.41. The predicted molar refractivity (Wildman–Crippen MR) is 75.2 cm³/mol. The molecule has 1 aliphatic rings. The van der Waals surface area contributed by atoms with E-state index in [9.17, 15) is 4.79 Å². The number of hydrogen-bond donors (Lipinski definition) is 0. The van der Waals surface area contributed by atoms with Crippen LogP contribution in [0.25, 0.3) is 0 Å². The second kappa shape index (κ2) is 7.20. The van der Waals surface area contributed by atoms with Gasteiger partial charge in [0.05, 0.1) is 7.11 Å². The standard InChI is InChI=1S/C16H24O2/c1-12(2)15-10-8-14(9-11-15)7-5-6-13(3)16(17)18-4/h6,8-10,12,15H,5,7,11H2,1-4H3. The molecule has 100 valence electrons. The van der Waals surface area contributed by atoms with E-state index in [1.165, 1.54) is 12.7 Å². The summed E-state index contributed by atoms with van der Waals surface area (Å²) >= 11 is 0. The summed E-state index contributed by atoms with van der Waals surface area (Å²) in [4.78, 5) is 11.2. The summed E-state index contributed by atoms with van der Waals surface area (Å²) in [5.74, 6) is 1.16. The molecular weight excluding hydrogens is 224 g/mol. The lowest BCUT2D eigenvalue weighted by atomic mass is 9.87. The van der Waals surface area contributed by atoms with Crippen LogP contribution in [0.15, 0.2) is 35.5 Å². The summed E-state index contributed by atoms with van der Waals surface area (Å²) in [5.41, 5.74) is 2.07. The topological polar surface area (TPSA) is 26.3 Å². The van der Waals surface area contributed by atoms with Crippen LogP contribution < -0.4 is 0 Å². The number of carbonyl (C=O) groups is 1. The Morgan fingerprint density at radius 2 is 2.28 bits per heavy atom. The number of carbonyl (C=O) groups excluding carboxylic acids is 1. The molecule has 1 aliphatic carbocycles. The number of rotatable bonds is 5. The highest BCUT2D eigenvalue weighted by molar-refractivity contribution is 5.87. The van der Waals surface area contributed by atoms with Crippen LogP contribution in [0.5, 0.6) is 0 Å². The average molecular weight is 248 g/mol. The van der Waals surface area contributed by atoms with Crippen LogP contribution >= 0.6 is 0 Å². The van der Waals surface area contributed by atoms with E-state index < -0.39 is 0 Å². The van der Waals surface area contributed by atoms with Crippen molar-refractivity contribution >= 4 is 5.97 Å². The third kappa shape index (κ3) is 4.52. The first-order valence-corrected chi connectivity index (χ1v) is 6.67. The van der Waals surface area contributed by atoms with Gasteiger partial charge in [0.1, 0.15) is 0 Å². The first kappa shape index (κ1) is 14.7. The lowest BCUT2D eigenvalue weighted by Crippen LogP contribution is -2.07. The van der Waals surface area contributed by atoms with E-state index in [4.69, 9.17) is 0 Å². The fraction of sp³-hybridized carbons (Fsp3) is 0.562. The summed E-state index contributed by atoms with van der Waals surface area (Å²) < 4.78 is 4.66. The molecular formula is C16H24O2. The largest absolute Gasteiger partial charge is 0.466 e. The van der Waals surface area contributed by atoms with Crippen molar-refractivity contribution in [1.29, 1.82) is 0 Å². The number of ether oxygens (including phenoxy) is 1. The normalized spacial score (nSPS) is 19.9. The Kier molecular flexibility index (Phi) is 5.90. The maximum Gasteiger partial charge on any atom is 0.333 e. The van der Waals surface area contributed by atoms with Crippen LogP contribution in [0.1, 0.15) is 40.0 Å². The fourth-order valence-electron chi connectivity index (χ4n) is 2.06. The molecule has 1 atom stereocenters. The lowest BCUT2D eigenvalue weighted by Gasteiger charge is -2.19. The van der Waals surface area contributed by atoms with Crippen LogP contribution in [0.2, 0.25) is 0 Å². The van der Waals surface area contributed by atoms with E-state index in [0.29, 0.717) is 17.4 Å². The van der Waals surface area contributed by atoms with Gasteiger partial charge in [-0.25, -0.2) is 4.79 Å². The second-order valence-electron chi connectivity index (χ2n) is 5.20. The van der Waals surface area contributed by atoms with Gasteiger partial charge in [0, 0.05) is 5.57 Å². The molecule has 1 unspecified atom stereocenters. The number of allylic oxidation sites excluding steroid dienone is 5. The molecule has 0 N–H and O–H groups in total. The van der Waals surface area contributed by atoms with Crippen molar-refractivity contribution in [3.8, 4) is 0 Å². The van der Waals surface area contributed by atoms with Gasteiger partial charge in [0.15, 0.2) is 0 Å². The maximum atomic E-state index is 11.2. The molecule has 0 aromatic rings. The first-order chi connectivity index (χ1) is 8.54. The molecule has 0 fully saturated rings. The Balaban J connectivity index is 2.39. The van der Waals surface area contributed by atoms with Crippen LogP contribution in [-0.4, -0.2) is 13.1 Å². The van der Waals surface area contributed by atoms with Crippen molar-refractivity contribution in [1.82, 2.24) is 0 Å². The molecule has 0 heterocycles. The summed E-state index contributed by atoms with van der Waals surface area (Å²) in [5, 5.41) is 0. The van der Waals surface area contributed by atoms with Crippen LogP contribution in [0, 0.1) is 11.8 Å². The van der Waals surface area contributed by atoms with Gasteiger partial charge in [-0.05, 0) is 38.0 Å². The smallest absolute Gasteiger partial charge is 0.333 e. The van der Waals surface area contributed by atoms with Crippen molar-refractivity contribution in [3.05, 3.63) is 35.5 Å². The Hall–Kier alpha value is -1.31. The van der Waals surface area contributed by atoms with E-state index in [1.807, 2.05) is 6.08 Å². The highest BCUT2D eigenvalue weighted by atomic mass is 16.5. The van der Waals surface area contributed by atoms with Crippen molar-refractivity contribution in [2.75, 3.05) is 7.11 Å². The summed E-state index contributed by atoms with van der Waals surface area (Å²) in [6.07, 6.45) is 11.9. The first-order valence-electron chi connectivity index (χ1n) is 6.67. The van der Waals surface area contributed by atoms with Gasteiger partial charge in [-0.3, -0.25) is 0 Å². The Morgan fingerprint density at radius 1 is 1.56 bits per heavy atom.